The molecule has 2 aromatic rings. The average molecular weight is 344 g/mol. The van der Waals surface area contributed by atoms with E-state index in [4.69, 9.17) is 0 Å². The van der Waals surface area contributed by atoms with Gasteiger partial charge in [0.1, 0.15) is 5.82 Å². The zero-order valence-corrected chi connectivity index (χ0v) is 14.6. The van der Waals surface area contributed by atoms with Gasteiger partial charge in [0.15, 0.2) is 0 Å². The van der Waals surface area contributed by atoms with Gasteiger partial charge in [-0.2, -0.15) is 5.10 Å². The molecule has 0 radical (unpaired) electrons. The van der Waals surface area contributed by atoms with E-state index in [1.54, 1.807) is 6.07 Å². The molecule has 25 heavy (non-hydrogen) atoms. The van der Waals surface area contributed by atoms with Crippen molar-refractivity contribution in [3.63, 3.8) is 0 Å². The van der Waals surface area contributed by atoms with Gasteiger partial charge in [0.2, 0.25) is 5.91 Å². The number of aromatic nitrogens is 2. The van der Waals surface area contributed by atoms with Crippen LogP contribution in [0, 0.1) is 5.82 Å². The lowest BCUT2D eigenvalue weighted by molar-refractivity contribution is -0.130. The summed E-state index contributed by atoms with van der Waals surface area (Å²) in [5.74, 6) is -0.0663. The topological polar surface area (TPSA) is 61.0 Å². The van der Waals surface area contributed by atoms with Gasteiger partial charge in [-0.05, 0) is 50.4 Å². The zero-order valence-electron chi connectivity index (χ0n) is 14.6. The number of H-pyrrole nitrogens is 1. The SMILES string of the molecule is CN(CCCc1cc(-c2cccc(F)c2)n[nH]1)C(=O)CC1CCCN1. The molecule has 1 atom stereocenters. The van der Waals surface area contributed by atoms with Crippen LogP contribution < -0.4 is 5.32 Å². The first-order valence-corrected chi connectivity index (χ1v) is 8.89. The van der Waals surface area contributed by atoms with Crippen LogP contribution in [0.5, 0.6) is 0 Å². The molecule has 3 rings (SSSR count). The molecule has 1 amide bonds. The Bertz CT molecular complexity index is 709. The number of aromatic amines is 1. The number of hydrogen-bond acceptors (Lipinski definition) is 3. The zero-order chi connectivity index (χ0) is 17.6. The van der Waals surface area contributed by atoms with Crippen molar-refractivity contribution < 1.29 is 9.18 Å². The largest absolute Gasteiger partial charge is 0.346 e. The summed E-state index contributed by atoms with van der Waals surface area (Å²) in [7, 11) is 1.86. The molecule has 134 valence electrons. The molecule has 1 aromatic carbocycles. The maximum Gasteiger partial charge on any atom is 0.223 e. The third kappa shape index (κ3) is 4.89. The number of rotatable bonds is 7. The van der Waals surface area contributed by atoms with Crippen molar-refractivity contribution in [3.05, 3.63) is 41.8 Å². The van der Waals surface area contributed by atoms with Crippen LogP contribution in [0.1, 0.15) is 31.4 Å². The number of hydrogen-bond donors (Lipinski definition) is 2. The average Bonchev–Trinajstić information content (AvgIpc) is 3.26. The third-order valence-electron chi connectivity index (χ3n) is 4.70. The van der Waals surface area contributed by atoms with Crippen LogP contribution in [0.2, 0.25) is 0 Å². The predicted octanol–water partition coefficient (Wildman–Crippen LogP) is 2.75. The maximum absolute atomic E-state index is 13.3. The maximum atomic E-state index is 13.3. The number of halogens is 1. The van der Waals surface area contributed by atoms with Gasteiger partial charge in [-0.25, -0.2) is 4.39 Å². The van der Waals surface area contributed by atoms with Gasteiger partial charge in [-0.1, -0.05) is 12.1 Å². The normalized spacial score (nSPS) is 17.0. The van der Waals surface area contributed by atoms with Gasteiger partial charge in [0, 0.05) is 37.3 Å². The molecule has 0 aliphatic carbocycles. The second-order valence-corrected chi connectivity index (χ2v) is 6.71. The van der Waals surface area contributed by atoms with E-state index < -0.39 is 0 Å². The van der Waals surface area contributed by atoms with Crippen LogP contribution in [0.3, 0.4) is 0 Å². The number of aryl methyl sites for hydroxylation is 1. The van der Waals surface area contributed by atoms with Crippen molar-refractivity contribution in [3.8, 4) is 11.3 Å². The van der Waals surface area contributed by atoms with Crippen molar-refractivity contribution in [2.75, 3.05) is 20.1 Å². The molecule has 1 aliphatic rings. The number of carbonyl (C=O) groups is 1. The summed E-state index contributed by atoms with van der Waals surface area (Å²) < 4.78 is 13.3. The van der Waals surface area contributed by atoms with Crippen molar-refractivity contribution in [1.82, 2.24) is 20.4 Å². The third-order valence-corrected chi connectivity index (χ3v) is 4.70. The molecule has 1 aromatic heterocycles. The molecule has 0 saturated carbocycles. The Hall–Kier alpha value is -2.21. The molecule has 1 saturated heterocycles. The molecule has 1 fully saturated rings. The Morgan fingerprint density at radius 2 is 2.28 bits per heavy atom. The first-order valence-electron chi connectivity index (χ1n) is 8.89. The molecule has 0 spiro atoms. The summed E-state index contributed by atoms with van der Waals surface area (Å²) >= 11 is 0. The van der Waals surface area contributed by atoms with E-state index in [2.05, 4.69) is 15.5 Å². The summed E-state index contributed by atoms with van der Waals surface area (Å²) in [6, 6.07) is 8.70. The lowest BCUT2D eigenvalue weighted by atomic mass is 10.1. The number of nitrogens with zero attached hydrogens (tertiary/aromatic N) is 2. The minimum Gasteiger partial charge on any atom is -0.346 e. The highest BCUT2D eigenvalue weighted by Crippen LogP contribution is 2.19. The second kappa shape index (κ2) is 8.25. The summed E-state index contributed by atoms with van der Waals surface area (Å²) in [5.41, 5.74) is 2.50. The van der Waals surface area contributed by atoms with Crippen LogP contribution in [0.15, 0.2) is 30.3 Å². The first kappa shape index (κ1) is 17.6. The van der Waals surface area contributed by atoms with Crippen LogP contribution in [-0.4, -0.2) is 47.2 Å². The molecular weight excluding hydrogens is 319 g/mol. The van der Waals surface area contributed by atoms with Gasteiger partial charge in [0.25, 0.3) is 0 Å². The van der Waals surface area contributed by atoms with Crippen molar-refractivity contribution in [1.29, 1.82) is 0 Å². The first-order chi connectivity index (χ1) is 12.1. The lowest BCUT2D eigenvalue weighted by Gasteiger charge is -2.19. The van der Waals surface area contributed by atoms with Gasteiger partial charge in [-0.3, -0.25) is 9.89 Å². The fraction of sp³-hybridized carbons (Fsp3) is 0.474. The van der Waals surface area contributed by atoms with Crippen molar-refractivity contribution >= 4 is 5.91 Å². The monoisotopic (exact) mass is 344 g/mol. The van der Waals surface area contributed by atoms with Gasteiger partial charge < -0.3 is 10.2 Å². The summed E-state index contributed by atoms with van der Waals surface area (Å²) in [4.78, 5) is 14.0. The van der Waals surface area contributed by atoms with Crippen LogP contribution >= 0.6 is 0 Å². The fourth-order valence-corrected chi connectivity index (χ4v) is 3.21. The molecular formula is C19H25FN4O. The van der Waals surface area contributed by atoms with E-state index in [-0.39, 0.29) is 11.7 Å². The van der Waals surface area contributed by atoms with Crippen LogP contribution in [0.25, 0.3) is 11.3 Å². The van der Waals surface area contributed by atoms with Gasteiger partial charge in [0.05, 0.1) is 5.69 Å². The lowest BCUT2D eigenvalue weighted by Crippen LogP contribution is -2.34. The quantitative estimate of drug-likeness (QED) is 0.812. The molecule has 0 bridgehead atoms. The molecule has 6 heteroatoms. The fourth-order valence-electron chi connectivity index (χ4n) is 3.21. The molecule has 2 heterocycles. The molecule has 5 nitrogen and oxygen atoms in total. The standard InChI is InChI=1S/C19H25FN4O/c1-24(19(25)13-16-7-3-9-21-16)10-4-8-17-12-18(23-22-17)14-5-2-6-15(20)11-14/h2,5-6,11-12,16,21H,3-4,7-10,13H2,1H3,(H,22,23). The minimum atomic E-state index is -0.265. The van der Waals surface area contributed by atoms with E-state index in [1.165, 1.54) is 12.1 Å². The van der Waals surface area contributed by atoms with E-state index in [0.717, 1.165) is 55.7 Å². The smallest absolute Gasteiger partial charge is 0.223 e. The summed E-state index contributed by atoms with van der Waals surface area (Å²) in [6.07, 6.45) is 4.52. The highest BCUT2D eigenvalue weighted by Gasteiger charge is 2.19. The Morgan fingerprint density at radius 1 is 1.40 bits per heavy atom. The predicted molar refractivity (Wildman–Crippen MR) is 95.6 cm³/mol. The van der Waals surface area contributed by atoms with Crippen LogP contribution in [0.4, 0.5) is 4.39 Å². The minimum absolute atomic E-state index is 0.199. The number of benzene rings is 1. The van der Waals surface area contributed by atoms with Crippen LogP contribution in [-0.2, 0) is 11.2 Å². The summed E-state index contributed by atoms with van der Waals surface area (Å²) in [5, 5.41) is 10.6. The van der Waals surface area contributed by atoms with Crippen molar-refractivity contribution in [2.24, 2.45) is 0 Å². The Morgan fingerprint density at radius 3 is 3.04 bits per heavy atom. The number of amides is 1. The Kier molecular flexibility index (Phi) is 5.81. The Labute approximate surface area is 147 Å². The molecule has 1 unspecified atom stereocenters. The second-order valence-electron chi connectivity index (χ2n) is 6.71. The van der Waals surface area contributed by atoms with Gasteiger partial charge in [-0.15, -0.1) is 0 Å². The van der Waals surface area contributed by atoms with Gasteiger partial charge >= 0.3 is 0 Å². The van der Waals surface area contributed by atoms with E-state index in [1.807, 2.05) is 24.1 Å². The number of nitrogens with one attached hydrogen (secondary N) is 2. The van der Waals surface area contributed by atoms with E-state index >= 15 is 0 Å². The van der Waals surface area contributed by atoms with Crippen molar-refractivity contribution in [2.45, 2.75) is 38.1 Å². The van der Waals surface area contributed by atoms with E-state index in [0.29, 0.717) is 12.5 Å². The highest BCUT2D eigenvalue weighted by molar-refractivity contribution is 5.76. The summed E-state index contributed by atoms with van der Waals surface area (Å²) in [6.45, 7) is 1.75. The molecule has 2 N–H and O–H groups in total. The number of carbonyl (C=O) groups excluding carboxylic acids is 1. The molecule has 1 aliphatic heterocycles. The van der Waals surface area contributed by atoms with E-state index in [9.17, 15) is 9.18 Å². The Balaban J connectivity index is 1.45. The highest BCUT2D eigenvalue weighted by atomic mass is 19.1.